The number of carbonyl (C=O) groups is 1. The van der Waals surface area contributed by atoms with E-state index in [1.807, 2.05) is 18.2 Å². The summed E-state index contributed by atoms with van der Waals surface area (Å²) in [7, 11) is 0. The van der Waals surface area contributed by atoms with Gasteiger partial charge in [0.05, 0.1) is 4.92 Å². The molecule has 2 amide bonds. The summed E-state index contributed by atoms with van der Waals surface area (Å²) in [4.78, 5) is 24.1. The molecule has 0 saturated carbocycles. The molecule has 22 heavy (non-hydrogen) atoms. The molecule has 0 unspecified atom stereocenters. The molecule has 0 bridgehead atoms. The van der Waals surface area contributed by atoms with Crippen molar-refractivity contribution in [2.24, 2.45) is 0 Å². The number of alkyl halides is 1. The van der Waals surface area contributed by atoms with E-state index in [1.54, 1.807) is 18.2 Å². The number of amides is 2. The van der Waals surface area contributed by atoms with Gasteiger partial charge in [0.1, 0.15) is 0 Å². The molecule has 0 radical (unpaired) electrons. The van der Waals surface area contributed by atoms with Gasteiger partial charge < -0.3 is 5.32 Å². The highest BCUT2D eigenvalue weighted by molar-refractivity contribution is 6.18. The van der Waals surface area contributed by atoms with Gasteiger partial charge in [-0.3, -0.25) is 15.0 Å². The summed E-state index contributed by atoms with van der Waals surface area (Å²) in [6.45, 7) is 0.326. The van der Waals surface area contributed by atoms with Crippen molar-refractivity contribution >= 4 is 34.7 Å². The molecule has 1 N–H and O–H groups in total. The molecular weight excluding hydrogens is 306 g/mol. The van der Waals surface area contributed by atoms with Gasteiger partial charge in [-0.15, -0.1) is 11.6 Å². The Bertz CT molecular complexity index is 664. The second-order valence-electron chi connectivity index (χ2n) is 4.41. The van der Waals surface area contributed by atoms with Crippen molar-refractivity contribution in [3.63, 3.8) is 0 Å². The van der Waals surface area contributed by atoms with E-state index in [0.717, 1.165) is 0 Å². The molecule has 0 aliphatic rings. The average Bonchev–Trinajstić information content (AvgIpc) is 2.53. The summed E-state index contributed by atoms with van der Waals surface area (Å²) in [5.74, 6) is 0.275. The number of halogens is 1. The normalized spacial score (nSPS) is 10.0. The van der Waals surface area contributed by atoms with Crippen LogP contribution in [0.3, 0.4) is 0 Å². The quantitative estimate of drug-likeness (QED) is 0.516. The predicted octanol–water partition coefficient (Wildman–Crippen LogP) is 3.87. The first kappa shape index (κ1) is 15.8. The van der Waals surface area contributed by atoms with E-state index in [4.69, 9.17) is 11.6 Å². The fraction of sp³-hybridized carbons (Fsp3) is 0.133. The van der Waals surface area contributed by atoms with E-state index in [0.29, 0.717) is 17.9 Å². The molecule has 6 nitrogen and oxygen atoms in total. The van der Waals surface area contributed by atoms with E-state index >= 15 is 0 Å². The Morgan fingerprint density at radius 1 is 1.18 bits per heavy atom. The zero-order valence-corrected chi connectivity index (χ0v) is 12.4. The minimum atomic E-state index is -0.511. The number of nitrogens with zero attached hydrogens (tertiary/aromatic N) is 2. The lowest BCUT2D eigenvalue weighted by Gasteiger charge is -2.22. The molecule has 7 heteroatoms. The minimum Gasteiger partial charge on any atom is -0.307 e. The fourth-order valence-electron chi connectivity index (χ4n) is 1.93. The molecule has 0 aromatic heterocycles. The number of nitro groups is 1. The Balaban J connectivity index is 2.18. The van der Waals surface area contributed by atoms with Gasteiger partial charge in [0.2, 0.25) is 0 Å². The van der Waals surface area contributed by atoms with E-state index in [2.05, 4.69) is 5.32 Å². The number of rotatable bonds is 5. The van der Waals surface area contributed by atoms with Crippen LogP contribution in [-0.2, 0) is 0 Å². The Hall–Kier alpha value is -2.60. The Morgan fingerprint density at radius 2 is 1.91 bits per heavy atom. The number of non-ortho nitro benzene ring substituents is 1. The largest absolute Gasteiger partial charge is 0.326 e. The van der Waals surface area contributed by atoms with Crippen molar-refractivity contribution in [3.8, 4) is 0 Å². The highest BCUT2D eigenvalue weighted by Gasteiger charge is 2.16. The molecule has 0 saturated heterocycles. The maximum atomic E-state index is 12.4. The van der Waals surface area contributed by atoms with Crippen LogP contribution in [0.5, 0.6) is 0 Å². The first-order chi connectivity index (χ1) is 10.6. The summed E-state index contributed by atoms with van der Waals surface area (Å²) in [6, 6.07) is 14.4. The van der Waals surface area contributed by atoms with Crippen LogP contribution in [0.2, 0.25) is 0 Å². The molecule has 0 aliphatic heterocycles. The zero-order valence-electron chi connectivity index (χ0n) is 11.6. The Kier molecular flexibility index (Phi) is 5.32. The molecule has 0 atom stereocenters. The summed E-state index contributed by atoms with van der Waals surface area (Å²) >= 11 is 5.75. The number of urea groups is 1. The Morgan fingerprint density at radius 3 is 2.55 bits per heavy atom. The summed E-state index contributed by atoms with van der Waals surface area (Å²) in [5, 5.41) is 13.4. The Labute approximate surface area is 132 Å². The number of hydrogen-bond acceptors (Lipinski definition) is 3. The minimum absolute atomic E-state index is 0.0820. The second kappa shape index (κ2) is 7.42. The SMILES string of the molecule is O=C(Nc1cccc([N+](=O)[O-])c1)N(CCCl)c1ccccc1. The molecule has 0 spiro atoms. The number of nitrogens with one attached hydrogen (secondary N) is 1. The van der Waals surface area contributed by atoms with Gasteiger partial charge in [-0.05, 0) is 18.2 Å². The smallest absolute Gasteiger partial charge is 0.307 e. The molecule has 2 aromatic rings. The van der Waals surface area contributed by atoms with E-state index in [9.17, 15) is 14.9 Å². The average molecular weight is 320 g/mol. The first-order valence-corrected chi connectivity index (χ1v) is 7.09. The van der Waals surface area contributed by atoms with Crippen molar-refractivity contribution in [3.05, 3.63) is 64.7 Å². The van der Waals surface area contributed by atoms with Gasteiger partial charge >= 0.3 is 6.03 Å². The number of nitro benzene ring substituents is 1. The van der Waals surface area contributed by atoms with Crippen molar-refractivity contribution < 1.29 is 9.72 Å². The van der Waals surface area contributed by atoms with Gasteiger partial charge in [-0.1, -0.05) is 24.3 Å². The third-order valence-corrected chi connectivity index (χ3v) is 3.10. The lowest BCUT2D eigenvalue weighted by molar-refractivity contribution is -0.384. The predicted molar refractivity (Wildman–Crippen MR) is 86.6 cm³/mol. The molecule has 2 aromatic carbocycles. The number of hydrogen-bond donors (Lipinski definition) is 1. The van der Waals surface area contributed by atoms with Crippen LogP contribution in [0.1, 0.15) is 0 Å². The van der Waals surface area contributed by atoms with Crippen LogP contribution >= 0.6 is 11.6 Å². The first-order valence-electron chi connectivity index (χ1n) is 6.56. The highest BCUT2D eigenvalue weighted by Crippen LogP contribution is 2.19. The van der Waals surface area contributed by atoms with Gasteiger partial charge in [-0.2, -0.15) is 0 Å². The molecule has 0 heterocycles. The molecular formula is C15H14ClN3O3. The number of carbonyl (C=O) groups excluding carboxylic acids is 1. The van der Waals surface area contributed by atoms with Crippen molar-refractivity contribution in [2.75, 3.05) is 22.6 Å². The third kappa shape index (κ3) is 3.95. The molecule has 0 aliphatic carbocycles. The second-order valence-corrected chi connectivity index (χ2v) is 4.79. The maximum absolute atomic E-state index is 12.4. The zero-order chi connectivity index (χ0) is 15.9. The van der Waals surface area contributed by atoms with Crippen LogP contribution < -0.4 is 10.2 Å². The van der Waals surface area contributed by atoms with Crippen molar-refractivity contribution in [1.82, 2.24) is 0 Å². The lowest BCUT2D eigenvalue weighted by atomic mass is 10.2. The van der Waals surface area contributed by atoms with Crippen LogP contribution in [0.4, 0.5) is 21.9 Å². The maximum Gasteiger partial charge on any atom is 0.326 e. The van der Waals surface area contributed by atoms with Gasteiger partial charge in [0.25, 0.3) is 5.69 Å². The van der Waals surface area contributed by atoms with Crippen LogP contribution in [0, 0.1) is 10.1 Å². The standard InChI is InChI=1S/C15H14ClN3O3/c16-9-10-18(13-6-2-1-3-7-13)15(20)17-12-5-4-8-14(11-12)19(21)22/h1-8,11H,9-10H2,(H,17,20). The highest BCUT2D eigenvalue weighted by atomic mass is 35.5. The number of para-hydroxylation sites is 1. The number of anilines is 2. The van der Waals surface area contributed by atoms with Crippen molar-refractivity contribution in [1.29, 1.82) is 0 Å². The molecule has 2 rings (SSSR count). The van der Waals surface area contributed by atoms with Crippen molar-refractivity contribution in [2.45, 2.75) is 0 Å². The monoisotopic (exact) mass is 319 g/mol. The fourth-order valence-corrected chi connectivity index (χ4v) is 2.10. The summed E-state index contributed by atoms with van der Waals surface area (Å²) in [6.07, 6.45) is 0. The third-order valence-electron chi connectivity index (χ3n) is 2.93. The van der Waals surface area contributed by atoms with E-state index in [-0.39, 0.29) is 11.6 Å². The molecule has 0 fully saturated rings. The van der Waals surface area contributed by atoms with Gasteiger partial charge in [-0.25, -0.2) is 4.79 Å². The summed E-state index contributed by atoms with van der Waals surface area (Å²) in [5.41, 5.74) is 0.974. The molecule has 114 valence electrons. The topological polar surface area (TPSA) is 75.5 Å². The van der Waals surface area contributed by atoms with Gasteiger partial charge in [0, 0.05) is 35.9 Å². The number of benzene rings is 2. The van der Waals surface area contributed by atoms with E-state index < -0.39 is 11.0 Å². The van der Waals surface area contributed by atoms with Gasteiger partial charge in [0.15, 0.2) is 0 Å². The summed E-state index contributed by atoms with van der Waals surface area (Å²) < 4.78 is 0. The van der Waals surface area contributed by atoms with Crippen LogP contribution in [-0.4, -0.2) is 23.4 Å². The van der Waals surface area contributed by atoms with Crippen LogP contribution in [0.15, 0.2) is 54.6 Å². The van der Waals surface area contributed by atoms with Crippen LogP contribution in [0.25, 0.3) is 0 Å². The lowest BCUT2D eigenvalue weighted by Crippen LogP contribution is -2.36. The van der Waals surface area contributed by atoms with E-state index in [1.165, 1.54) is 23.1 Å².